The molecule has 1 amide bonds. The first-order valence-corrected chi connectivity index (χ1v) is 6.45. The van der Waals surface area contributed by atoms with Crippen LogP contribution in [0, 0.1) is 6.92 Å². The Bertz CT molecular complexity index is 687. The number of hydrogen-bond acceptors (Lipinski definition) is 6. The summed E-state index contributed by atoms with van der Waals surface area (Å²) in [6.45, 7) is 6.85. The molecule has 0 fully saturated rings. The Morgan fingerprint density at radius 1 is 1.38 bits per heavy atom. The number of carbonyl (C=O) groups is 2. The van der Waals surface area contributed by atoms with Gasteiger partial charge >= 0.3 is 5.97 Å². The van der Waals surface area contributed by atoms with Crippen LogP contribution in [0.3, 0.4) is 0 Å². The summed E-state index contributed by atoms with van der Waals surface area (Å²) in [5.41, 5.74) is 0.211. The number of fused-ring (bicyclic) bond motifs is 1. The van der Waals surface area contributed by atoms with Gasteiger partial charge in [-0.25, -0.2) is 9.50 Å². The molecule has 2 aromatic heterocycles. The predicted octanol–water partition coefficient (Wildman–Crippen LogP) is 0.504. The average Bonchev–Trinajstić information content (AvgIpc) is 2.79. The highest BCUT2D eigenvalue weighted by molar-refractivity contribution is 5.92. The van der Waals surface area contributed by atoms with Crippen molar-refractivity contribution in [3.05, 3.63) is 23.8 Å². The number of aryl methyl sites for hydroxylation is 1. The Balaban J connectivity index is 2.03. The summed E-state index contributed by atoms with van der Waals surface area (Å²) in [6, 6.07) is 1.75. The van der Waals surface area contributed by atoms with E-state index in [1.807, 2.05) is 6.92 Å². The molecule has 8 heteroatoms. The lowest BCUT2D eigenvalue weighted by Crippen LogP contribution is -2.35. The van der Waals surface area contributed by atoms with Gasteiger partial charge in [0.25, 0.3) is 11.7 Å². The van der Waals surface area contributed by atoms with Gasteiger partial charge in [-0.2, -0.15) is 4.98 Å². The summed E-state index contributed by atoms with van der Waals surface area (Å²) in [6.07, 6.45) is 1.59. The zero-order valence-electron chi connectivity index (χ0n) is 12.4. The maximum absolute atomic E-state index is 11.9. The molecule has 2 heterocycles. The van der Waals surface area contributed by atoms with Gasteiger partial charge in [0.1, 0.15) is 12.1 Å². The van der Waals surface area contributed by atoms with Gasteiger partial charge in [0.05, 0.1) is 0 Å². The SMILES string of the molecule is Cc1ccnc2nc(C(=O)NCC(=O)OC(C)(C)C)nn12. The number of aromatic nitrogens is 4. The molecule has 0 bridgehead atoms. The molecule has 8 nitrogen and oxygen atoms in total. The van der Waals surface area contributed by atoms with Crippen LogP contribution in [0.2, 0.25) is 0 Å². The largest absolute Gasteiger partial charge is 0.459 e. The molecule has 0 aliphatic rings. The van der Waals surface area contributed by atoms with Gasteiger partial charge in [-0.1, -0.05) is 0 Å². The minimum atomic E-state index is -0.593. The number of carbonyl (C=O) groups excluding carboxylic acids is 2. The van der Waals surface area contributed by atoms with Crippen LogP contribution in [-0.4, -0.2) is 43.6 Å². The van der Waals surface area contributed by atoms with E-state index >= 15 is 0 Å². The number of nitrogens with one attached hydrogen (secondary N) is 1. The maximum atomic E-state index is 11.9. The van der Waals surface area contributed by atoms with Crippen LogP contribution in [-0.2, 0) is 9.53 Å². The number of nitrogens with zero attached hydrogens (tertiary/aromatic N) is 4. The maximum Gasteiger partial charge on any atom is 0.325 e. The van der Waals surface area contributed by atoms with Gasteiger partial charge in [0, 0.05) is 11.9 Å². The van der Waals surface area contributed by atoms with Gasteiger partial charge < -0.3 is 10.1 Å². The summed E-state index contributed by atoms with van der Waals surface area (Å²) in [7, 11) is 0. The van der Waals surface area contributed by atoms with E-state index in [1.54, 1.807) is 33.0 Å². The summed E-state index contributed by atoms with van der Waals surface area (Å²) in [5.74, 6) is -0.780. The fourth-order valence-corrected chi connectivity index (χ4v) is 1.61. The van der Waals surface area contributed by atoms with Crippen molar-refractivity contribution < 1.29 is 14.3 Å². The Morgan fingerprint density at radius 2 is 2.10 bits per heavy atom. The first-order chi connectivity index (χ1) is 9.76. The number of esters is 1. The number of ether oxygens (including phenoxy) is 1. The Hall–Kier alpha value is -2.51. The number of rotatable bonds is 3. The number of hydrogen-bond donors (Lipinski definition) is 1. The van der Waals surface area contributed by atoms with E-state index < -0.39 is 17.5 Å². The molecular formula is C13H17N5O3. The van der Waals surface area contributed by atoms with Crippen LogP contribution in [0.25, 0.3) is 5.78 Å². The van der Waals surface area contributed by atoms with Crippen LogP contribution in [0.5, 0.6) is 0 Å². The zero-order chi connectivity index (χ0) is 15.6. The quantitative estimate of drug-likeness (QED) is 0.827. The lowest BCUT2D eigenvalue weighted by Gasteiger charge is -2.19. The minimum Gasteiger partial charge on any atom is -0.459 e. The van der Waals surface area contributed by atoms with E-state index in [2.05, 4.69) is 20.4 Å². The second kappa shape index (κ2) is 5.47. The molecule has 0 radical (unpaired) electrons. The van der Waals surface area contributed by atoms with E-state index in [9.17, 15) is 9.59 Å². The molecule has 0 atom stereocenters. The fraction of sp³-hybridized carbons (Fsp3) is 0.462. The van der Waals surface area contributed by atoms with Crippen LogP contribution in [0.4, 0.5) is 0 Å². The molecule has 2 aromatic rings. The summed E-state index contributed by atoms with van der Waals surface area (Å²) in [4.78, 5) is 31.4. The van der Waals surface area contributed by atoms with Gasteiger partial charge in [-0.15, -0.1) is 5.10 Å². The highest BCUT2D eigenvalue weighted by Crippen LogP contribution is 2.06. The van der Waals surface area contributed by atoms with E-state index in [4.69, 9.17) is 4.74 Å². The molecule has 21 heavy (non-hydrogen) atoms. The normalized spacial score (nSPS) is 11.4. The summed E-state index contributed by atoms with van der Waals surface area (Å²) in [5, 5.41) is 6.47. The van der Waals surface area contributed by atoms with E-state index in [0.717, 1.165) is 5.69 Å². The smallest absolute Gasteiger partial charge is 0.325 e. The first-order valence-electron chi connectivity index (χ1n) is 6.45. The standard InChI is InChI=1S/C13H17N5O3/c1-8-5-6-14-12-16-10(17-18(8)12)11(20)15-7-9(19)21-13(2,3)4/h5-6H,7H2,1-4H3,(H,15,20). The Kier molecular flexibility index (Phi) is 3.88. The molecule has 0 unspecified atom stereocenters. The highest BCUT2D eigenvalue weighted by atomic mass is 16.6. The topological polar surface area (TPSA) is 98.5 Å². The molecule has 0 saturated carbocycles. The minimum absolute atomic E-state index is 0.0413. The Morgan fingerprint density at radius 3 is 2.71 bits per heavy atom. The fourth-order valence-electron chi connectivity index (χ4n) is 1.61. The van der Waals surface area contributed by atoms with Crippen molar-refractivity contribution in [3.63, 3.8) is 0 Å². The third-order valence-electron chi connectivity index (χ3n) is 2.45. The van der Waals surface area contributed by atoms with Crippen molar-refractivity contribution in [1.29, 1.82) is 0 Å². The van der Waals surface area contributed by atoms with Crippen LogP contribution >= 0.6 is 0 Å². The summed E-state index contributed by atoms with van der Waals surface area (Å²) >= 11 is 0. The third kappa shape index (κ3) is 3.74. The van der Waals surface area contributed by atoms with Crippen LogP contribution < -0.4 is 5.32 Å². The second-order valence-electron chi connectivity index (χ2n) is 5.50. The average molecular weight is 291 g/mol. The monoisotopic (exact) mass is 291 g/mol. The van der Waals surface area contributed by atoms with Gasteiger partial charge in [-0.3, -0.25) is 9.59 Å². The zero-order valence-corrected chi connectivity index (χ0v) is 12.4. The van der Waals surface area contributed by atoms with Crippen LogP contribution in [0.15, 0.2) is 12.3 Å². The number of amides is 1. The highest BCUT2D eigenvalue weighted by Gasteiger charge is 2.19. The first kappa shape index (κ1) is 14.9. The molecule has 0 aromatic carbocycles. The van der Waals surface area contributed by atoms with Crippen LogP contribution in [0.1, 0.15) is 37.1 Å². The molecule has 112 valence electrons. The molecule has 0 aliphatic heterocycles. The predicted molar refractivity (Wildman–Crippen MR) is 73.7 cm³/mol. The van der Waals surface area contributed by atoms with Crippen molar-refractivity contribution in [2.45, 2.75) is 33.3 Å². The Labute approximate surface area is 121 Å². The lowest BCUT2D eigenvalue weighted by molar-refractivity contribution is -0.153. The summed E-state index contributed by atoms with van der Waals surface area (Å²) < 4.78 is 6.55. The molecule has 2 rings (SSSR count). The van der Waals surface area contributed by atoms with E-state index in [1.165, 1.54) is 4.52 Å². The van der Waals surface area contributed by atoms with Crippen molar-refractivity contribution in [2.75, 3.05) is 6.54 Å². The lowest BCUT2D eigenvalue weighted by atomic mass is 10.2. The second-order valence-corrected chi connectivity index (χ2v) is 5.50. The third-order valence-corrected chi connectivity index (χ3v) is 2.45. The van der Waals surface area contributed by atoms with Gasteiger partial charge in [-0.05, 0) is 33.8 Å². The van der Waals surface area contributed by atoms with Crippen molar-refractivity contribution in [1.82, 2.24) is 24.9 Å². The van der Waals surface area contributed by atoms with Crippen molar-refractivity contribution >= 4 is 17.7 Å². The molecule has 0 saturated heterocycles. The van der Waals surface area contributed by atoms with Crippen molar-refractivity contribution in [3.8, 4) is 0 Å². The molecule has 0 spiro atoms. The van der Waals surface area contributed by atoms with E-state index in [-0.39, 0.29) is 12.4 Å². The molecular weight excluding hydrogens is 274 g/mol. The van der Waals surface area contributed by atoms with Crippen molar-refractivity contribution in [2.24, 2.45) is 0 Å². The molecule has 1 N–H and O–H groups in total. The van der Waals surface area contributed by atoms with E-state index in [0.29, 0.717) is 5.78 Å². The molecule has 0 aliphatic carbocycles. The van der Waals surface area contributed by atoms with Gasteiger partial charge in [0.2, 0.25) is 5.82 Å². The van der Waals surface area contributed by atoms with Gasteiger partial charge in [0.15, 0.2) is 0 Å².